The summed E-state index contributed by atoms with van der Waals surface area (Å²) in [5, 5.41) is 0. The van der Waals surface area contributed by atoms with E-state index in [1.807, 2.05) is 30.7 Å². The zero-order chi connectivity index (χ0) is 14.9. The number of nitrogens with zero attached hydrogens (tertiary/aromatic N) is 3. The van der Waals surface area contributed by atoms with Crippen LogP contribution in [0.15, 0.2) is 18.3 Å². The van der Waals surface area contributed by atoms with Crippen LogP contribution in [0.25, 0.3) is 11.2 Å². The topological polar surface area (TPSA) is 57.0 Å². The summed E-state index contributed by atoms with van der Waals surface area (Å²) in [6.07, 6.45) is 6.62. The van der Waals surface area contributed by atoms with E-state index >= 15 is 0 Å². The summed E-state index contributed by atoms with van der Waals surface area (Å²) in [5.74, 6) is 0.664. The number of rotatable bonds is 3. The quantitative estimate of drug-likeness (QED) is 0.814. The van der Waals surface area contributed by atoms with E-state index in [-0.39, 0.29) is 5.97 Å². The van der Waals surface area contributed by atoms with Crippen LogP contribution in [0.1, 0.15) is 44.9 Å². The molecule has 5 nitrogen and oxygen atoms in total. The Bertz CT molecular complexity index is 657. The first kappa shape index (κ1) is 14.0. The van der Waals surface area contributed by atoms with Gasteiger partial charge >= 0.3 is 5.97 Å². The average Bonchev–Trinajstić information content (AvgIpc) is 2.86. The summed E-state index contributed by atoms with van der Waals surface area (Å²) in [6.45, 7) is 2.26. The molecule has 0 N–H and O–H groups in total. The molecule has 0 amide bonds. The van der Waals surface area contributed by atoms with E-state index in [4.69, 9.17) is 9.72 Å². The Labute approximate surface area is 124 Å². The minimum atomic E-state index is -0.607. The molecule has 5 heteroatoms. The molecule has 0 aliphatic heterocycles. The second-order valence-corrected chi connectivity index (χ2v) is 5.70. The Morgan fingerprint density at radius 3 is 2.81 bits per heavy atom. The first-order chi connectivity index (χ1) is 10.2. The standard InChI is InChI=1S/C16H21N3O2/c1-3-21-15(20)16(9-5-4-6-10-16)14-18-12-8-7-11-17-13(12)19(14)2/h7-8,11H,3-6,9-10H2,1-2H3. The molecule has 1 fully saturated rings. The van der Waals surface area contributed by atoms with Gasteiger partial charge in [0.05, 0.1) is 6.61 Å². The van der Waals surface area contributed by atoms with Gasteiger partial charge in [0.25, 0.3) is 0 Å². The fourth-order valence-electron chi connectivity index (χ4n) is 3.40. The van der Waals surface area contributed by atoms with E-state index in [0.29, 0.717) is 6.61 Å². The van der Waals surface area contributed by atoms with Gasteiger partial charge in [0.1, 0.15) is 16.8 Å². The SMILES string of the molecule is CCOC(=O)C1(c2nc3cccnc3n2C)CCCCC1. The highest BCUT2D eigenvalue weighted by Gasteiger charge is 2.46. The van der Waals surface area contributed by atoms with Crippen molar-refractivity contribution in [3.8, 4) is 0 Å². The Morgan fingerprint density at radius 1 is 1.38 bits per heavy atom. The molecule has 0 spiro atoms. The highest BCUT2D eigenvalue weighted by molar-refractivity contribution is 5.84. The van der Waals surface area contributed by atoms with Crippen molar-refractivity contribution in [1.82, 2.24) is 14.5 Å². The normalized spacial score (nSPS) is 17.8. The molecule has 1 aliphatic carbocycles. The highest BCUT2D eigenvalue weighted by atomic mass is 16.5. The van der Waals surface area contributed by atoms with Crippen molar-refractivity contribution in [3.05, 3.63) is 24.2 Å². The van der Waals surface area contributed by atoms with Crippen molar-refractivity contribution in [1.29, 1.82) is 0 Å². The van der Waals surface area contributed by atoms with E-state index in [1.165, 1.54) is 6.42 Å². The highest BCUT2D eigenvalue weighted by Crippen LogP contribution is 2.40. The van der Waals surface area contributed by atoms with Crippen molar-refractivity contribution in [3.63, 3.8) is 0 Å². The van der Waals surface area contributed by atoms with E-state index in [1.54, 1.807) is 6.20 Å². The van der Waals surface area contributed by atoms with Crippen LogP contribution in [0.2, 0.25) is 0 Å². The number of hydrogen-bond acceptors (Lipinski definition) is 4. The predicted octanol–water partition coefficient (Wildman–Crippen LogP) is 2.73. The Morgan fingerprint density at radius 2 is 2.14 bits per heavy atom. The number of carbonyl (C=O) groups excluding carboxylic acids is 1. The maximum absolute atomic E-state index is 12.7. The summed E-state index contributed by atoms with van der Waals surface area (Å²) >= 11 is 0. The van der Waals surface area contributed by atoms with Gasteiger partial charge in [-0.1, -0.05) is 19.3 Å². The van der Waals surface area contributed by atoms with Crippen molar-refractivity contribution in [2.45, 2.75) is 44.4 Å². The van der Waals surface area contributed by atoms with Gasteiger partial charge < -0.3 is 9.30 Å². The molecule has 0 aromatic carbocycles. The van der Waals surface area contributed by atoms with Crippen molar-refractivity contribution in [2.24, 2.45) is 7.05 Å². The molecular formula is C16H21N3O2. The molecule has 2 heterocycles. The van der Waals surface area contributed by atoms with Gasteiger partial charge in [-0.15, -0.1) is 0 Å². The van der Waals surface area contributed by atoms with Gasteiger partial charge in [0.15, 0.2) is 5.65 Å². The third kappa shape index (κ3) is 2.20. The second kappa shape index (κ2) is 5.47. The van der Waals surface area contributed by atoms with E-state index < -0.39 is 5.41 Å². The molecule has 1 aliphatic rings. The molecule has 0 radical (unpaired) electrons. The average molecular weight is 287 g/mol. The van der Waals surface area contributed by atoms with Crippen LogP contribution in [-0.4, -0.2) is 27.1 Å². The lowest BCUT2D eigenvalue weighted by Crippen LogP contribution is -2.41. The first-order valence-corrected chi connectivity index (χ1v) is 7.64. The summed E-state index contributed by atoms with van der Waals surface area (Å²) < 4.78 is 7.33. The minimum absolute atomic E-state index is 0.136. The van der Waals surface area contributed by atoms with Crippen molar-refractivity contribution < 1.29 is 9.53 Å². The van der Waals surface area contributed by atoms with Crippen LogP contribution in [0.4, 0.5) is 0 Å². The van der Waals surface area contributed by atoms with E-state index in [0.717, 1.165) is 42.7 Å². The number of esters is 1. The lowest BCUT2D eigenvalue weighted by Gasteiger charge is -2.34. The predicted molar refractivity (Wildman–Crippen MR) is 79.9 cm³/mol. The lowest BCUT2D eigenvalue weighted by molar-refractivity contribution is -0.152. The maximum Gasteiger partial charge on any atom is 0.319 e. The van der Waals surface area contributed by atoms with Crippen molar-refractivity contribution in [2.75, 3.05) is 6.61 Å². The zero-order valence-corrected chi connectivity index (χ0v) is 12.6. The van der Waals surface area contributed by atoms with Gasteiger partial charge in [-0.2, -0.15) is 0 Å². The molecule has 0 bridgehead atoms. The van der Waals surface area contributed by atoms with Crippen LogP contribution >= 0.6 is 0 Å². The number of aromatic nitrogens is 3. The fraction of sp³-hybridized carbons (Fsp3) is 0.562. The summed E-state index contributed by atoms with van der Waals surface area (Å²) in [6, 6.07) is 3.81. The number of pyridine rings is 1. The van der Waals surface area contributed by atoms with Crippen LogP contribution < -0.4 is 0 Å². The number of ether oxygens (including phenoxy) is 1. The molecule has 2 aromatic heterocycles. The number of fused-ring (bicyclic) bond motifs is 1. The molecule has 112 valence electrons. The Hall–Kier alpha value is -1.91. The maximum atomic E-state index is 12.7. The van der Waals surface area contributed by atoms with E-state index in [2.05, 4.69) is 4.98 Å². The molecule has 1 saturated carbocycles. The van der Waals surface area contributed by atoms with Gasteiger partial charge in [0, 0.05) is 13.2 Å². The summed E-state index contributed by atoms with van der Waals surface area (Å²) in [7, 11) is 1.94. The van der Waals surface area contributed by atoms with Crippen LogP contribution in [0, 0.1) is 0 Å². The number of imidazole rings is 1. The molecule has 0 unspecified atom stereocenters. The van der Waals surface area contributed by atoms with Gasteiger partial charge in [-0.3, -0.25) is 4.79 Å². The lowest BCUT2D eigenvalue weighted by atomic mass is 9.73. The molecule has 0 saturated heterocycles. The van der Waals surface area contributed by atoms with Crippen LogP contribution in [0.3, 0.4) is 0 Å². The number of carbonyl (C=O) groups is 1. The van der Waals surface area contributed by atoms with E-state index in [9.17, 15) is 4.79 Å². The molecule has 0 atom stereocenters. The third-order valence-electron chi connectivity index (χ3n) is 4.43. The summed E-state index contributed by atoms with van der Waals surface area (Å²) in [4.78, 5) is 21.7. The minimum Gasteiger partial charge on any atom is -0.465 e. The largest absolute Gasteiger partial charge is 0.465 e. The van der Waals surface area contributed by atoms with Gasteiger partial charge in [-0.25, -0.2) is 9.97 Å². The Kier molecular flexibility index (Phi) is 3.66. The molecule has 3 rings (SSSR count). The smallest absolute Gasteiger partial charge is 0.319 e. The van der Waals surface area contributed by atoms with Crippen LogP contribution in [-0.2, 0) is 22.0 Å². The fourth-order valence-corrected chi connectivity index (χ4v) is 3.40. The monoisotopic (exact) mass is 287 g/mol. The first-order valence-electron chi connectivity index (χ1n) is 7.64. The third-order valence-corrected chi connectivity index (χ3v) is 4.43. The van der Waals surface area contributed by atoms with Gasteiger partial charge in [-0.05, 0) is 31.9 Å². The second-order valence-electron chi connectivity index (χ2n) is 5.70. The van der Waals surface area contributed by atoms with Crippen LogP contribution in [0.5, 0.6) is 0 Å². The Balaban J connectivity index is 2.14. The number of aryl methyl sites for hydroxylation is 1. The number of hydrogen-bond donors (Lipinski definition) is 0. The summed E-state index contributed by atoms with van der Waals surface area (Å²) in [5.41, 5.74) is 1.05. The van der Waals surface area contributed by atoms with Crippen molar-refractivity contribution >= 4 is 17.1 Å². The van der Waals surface area contributed by atoms with Gasteiger partial charge in [0.2, 0.25) is 0 Å². The molecular weight excluding hydrogens is 266 g/mol. The zero-order valence-electron chi connectivity index (χ0n) is 12.6. The molecule has 21 heavy (non-hydrogen) atoms. The molecule has 2 aromatic rings.